The molecular formula is C22H32KN2-. The van der Waals surface area contributed by atoms with Crippen LogP contribution in [0.5, 0.6) is 0 Å². The number of nitrogens with zero attached hydrogens (tertiary/aromatic N) is 1. The van der Waals surface area contributed by atoms with E-state index < -0.39 is 0 Å². The molecule has 0 unspecified atom stereocenters. The maximum Gasteiger partial charge on any atom is 1.00 e. The Morgan fingerprint density at radius 3 is 2.32 bits per heavy atom. The molecule has 0 fully saturated rings. The number of pyridine rings is 1. The van der Waals surface area contributed by atoms with Crippen molar-refractivity contribution in [3.8, 4) is 0 Å². The molecule has 25 heavy (non-hydrogen) atoms. The largest absolute Gasteiger partial charge is 1.00 e. The van der Waals surface area contributed by atoms with Crippen LogP contribution in [0.3, 0.4) is 0 Å². The van der Waals surface area contributed by atoms with Crippen LogP contribution in [-0.4, -0.2) is 11.5 Å². The summed E-state index contributed by atoms with van der Waals surface area (Å²) in [7, 11) is 0. The van der Waals surface area contributed by atoms with Gasteiger partial charge in [-0.15, -0.1) is 0 Å². The Balaban J connectivity index is 0.000000442. The minimum absolute atomic E-state index is 0. The molecule has 1 N–H and O–H groups in total. The molecule has 0 spiro atoms. The van der Waals surface area contributed by atoms with Crippen LogP contribution in [0.25, 0.3) is 0 Å². The number of anilines is 1. The second-order valence-corrected chi connectivity index (χ2v) is 5.95. The van der Waals surface area contributed by atoms with Gasteiger partial charge in [-0.25, -0.2) is 4.98 Å². The van der Waals surface area contributed by atoms with E-state index in [0.29, 0.717) is 0 Å². The van der Waals surface area contributed by atoms with Gasteiger partial charge in [-0.2, -0.15) is 12.8 Å². The average Bonchev–Trinajstić information content (AvgIpc) is 2.62. The molecule has 2 aromatic rings. The molecule has 0 amide bonds. The summed E-state index contributed by atoms with van der Waals surface area (Å²) in [6.45, 7) is 12.5. The van der Waals surface area contributed by atoms with Gasteiger partial charge >= 0.3 is 51.4 Å². The van der Waals surface area contributed by atoms with Crippen LogP contribution >= 0.6 is 0 Å². The zero-order valence-electron chi connectivity index (χ0n) is 16.4. The second kappa shape index (κ2) is 16.0. The summed E-state index contributed by atoms with van der Waals surface area (Å²) in [5.41, 5.74) is 3.89. The minimum atomic E-state index is 0. The molecule has 0 aliphatic carbocycles. The van der Waals surface area contributed by atoms with Crippen LogP contribution in [0, 0.1) is 20.8 Å². The molecule has 0 saturated carbocycles. The molecule has 0 bridgehead atoms. The van der Waals surface area contributed by atoms with Gasteiger partial charge in [-0.05, 0) is 37.8 Å². The zero-order chi connectivity index (χ0) is 17.6. The molecule has 2 heterocycles. The van der Waals surface area contributed by atoms with Crippen molar-refractivity contribution < 1.29 is 51.4 Å². The SMILES string of the molecule is Cc1ccccc1.[CH2-]CC.[CH2-]CCCc1ccc2c(n1)NCCC2.[K+]. The molecule has 0 atom stereocenters. The third kappa shape index (κ3) is 11.2. The van der Waals surface area contributed by atoms with Gasteiger partial charge in [0, 0.05) is 12.2 Å². The fourth-order valence-electron chi connectivity index (χ4n) is 2.35. The number of aryl methyl sites for hydroxylation is 3. The van der Waals surface area contributed by atoms with Gasteiger partial charge in [-0.1, -0.05) is 55.3 Å². The van der Waals surface area contributed by atoms with Gasteiger partial charge in [0.1, 0.15) is 5.82 Å². The Morgan fingerprint density at radius 1 is 1.08 bits per heavy atom. The van der Waals surface area contributed by atoms with Gasteiger partial charge < -0.3 is 19.2 Å². The van der Waals surface area contributed by atoms with Gasteiger partial charge in [-0.3, -0.25) is 0 Å². The molecule has 0 radical (unpaired) electrons. The fourth-order valence-corrected chi connectivity index (χ4v) is 2.35. The summed E-state index contributed by atoms with van der Waals surface area (Å²) in [6, 6.07) is 14.6. The van der Waals surface area contributed by atoms with E-state index in [-0.39, 0.29) is 51.4 Å². The number of benzene rings is 1. The minimum Gasteiger partial charge on any atom is -0.370 e. The summed E-state index contributed by atoms with van der Waals surface area (Å²) in [6.07, 6.45) is 6.58. The number of hydrogen-bond acceptors (Lipinski definition) is 2. The van der Waals surface area contributed by atoms with E-state index in [1.54, 1.807) is 0 Å². The maximum absolute atomic E-state index is 4.61. The van der Waals surface area contributed by atoms with Crippen molar-refractivity contribution in [3.05, 3.63) is 73.1 Å². The average molecular weight is 364 g/mol. The third-order valence-electron chi connectivity index (χ3n) is 3.58. The smallest absolute Gasteiger partial charge is 0.370 e. The number of rotatable bonds is 3. The van der Waals surface area contributed by atoms with Gasteiger partial charge in [0.05, 0.1) is 0 Å². The van der Waals surface area contributed by atoms with Crippen LogP contribution in [-0.2, 0) is 12.8 Å². The zero-order valence-corrected chi connectivity index (χ0v) is 19.5. The predicted octanol–water partition coefficient (Wildman–Crippen LogP) is 2.83. The number of aromatic nitrogens is 1. The molecule has 1 aromatic heterocycles. The molecule has 132 valence electrons. The monoisotopic (exact) mass is 363 g/mol. The Morgan fingerprint density at radius 2 is 1.76 bits per heavy atom. The summed E-state index contributed by atoms with van der Waals surface area (Å²) in [5, 5.41) is 3.35. The van der Waals surface area contributed by atoms with Crippen LogP contribution in [0.1, 0.15) is 49.4 Å². The molecule has 3 rings (SSSR count). The van der Waals surface area contributed by atoms with Crippen molar-refractivity contribution in [3.63, 3.8) is 0 Å². The Bertz CT molecular complexity index is 555. The first-order chi connectivity index (χ1) is 11.7. The van der Waals surface area contributed by atoms with Gasteiger partial charge in [0.25, 0.3) is 0 Å². The van der Waals surface area contributed by atoms with Crippen LogP contribution < -0.4 is 56.7 Å². The molecule has 2 nitrogen and oxygen atoms in total. The number of unbranched alkanes of at least 4 members (excludes halogenated alkanes) is 1. The summed E-state index contributed by atoms with van der Waals surface area (Å²) in [4.78, 5) is 4.61. The first-order valence-corrected chi connectivity index (χ1v) is 9.04. The van der Waals surface area contributed by atoms with E-state index in [9.17, 15) is 0 Å². The predicted molar refractivity (Wildman–Crippen MR) is 106 cm³/mol. The number of hydrogen-bond donors (Lipinski definition) is 1. The Labute approximate surface area is 197 Å². The third-order valence-corrected chi connectivity index (χ3v) is 3.58. The Hall–Kier alpha value is -0.194. The van der Waals surface area contributed by atoms with E-state index in [4.69, 9.17) is 0 Å². The topological polar surface area (TPSA) is 24.9 Å². The van der Waals surface area contributed by atoms with E-state index in [1.807, 2.05) is 25.1 Å². The Kier molecular flexibility index (Phi) is 15.9. The molecule has 3 heteroatoms. The summed E-state index contributed by atoms with van der Waals surface area (Å²) >= 11 is 0. The molecular weight excluding hydrogens is 331 g/mol. The molecule has 1 aromatic carbocycles. The molecule has 0 saturated heterocycles. The summed E-state index contributed by atoms with van der Waals surface area (Å²) in [5.74, 6) is 1.11. The van der Waals surface area contributed by atoms with Gasteiger partial charge in [0.2, 0.25) is 0 Å². The first kappa shape index (κ1) is 24.8. The quantitative estimate of drug-likeness (QED) is 0.670. The van der Waals surface area contributed by atoms with E-state index in [0.717, 1.165) is 38.0 Å². The summed E-state index contributed by atoms with van der Waals surface area (Å²) < 4.78 is 0. The fraction of sp³-hybridized carbons (Fsp3) is 0.409. The van der Waals surface area contributed by atoms with Crippen LogP contribution in [0.4, 0.5) is 5.82 Å². The van der Waals surface area contributed by atoms with Gasteiger partial charge in [0.15, 0.2) is 0 Å². The van der Waals surface area contributed by atoms with Crippen molar-refractivity contribution >= 4 is 5.82 Å². The normalized spacial score (nSPS) is 11.4. The molecule has 1 aliphatic rings. The maximum atomic E-state index is 4.61. The van der Waals surface area contributed by atoms with Crippen molar-refractivity contribution in [2.24, 2.45) is 0 Å². The van der Waals surface area contributed by atoms with Crippen LogP contribution in [0.15, 0.2) is 42.5 Å². The molecule has 1 aliphatic heterocycles. The second-order valence-electron chi connectivity index (χ2n) is 5.95. The van der Waals surface area contributed by atoms with Crippen molar-refractivity contribution in [2.45, 2.75) is 52.4 Å². The van der Waals surface area contributed by atoms with Crippen LogP contribution in [0.2, 0.25) is 0 Å². The number of fused-ring (bicyclic) bond motifs is 1. The number of nitrogens with one attached hydrogen (secondary N) is 1. The first-order valence-electron chi connectivity index (χ1n) is 9.04. The van der Waals surface area contributed by atoms with E-state index >= 15 is 0 Å². The van der Waals surface area contributed by atoms with Crippen molar-refractivity contribution in [2.75, 3.05) is 11.9 Å². The van der Waals surface area contributed by atoms with Crippen molar-refractivity contribution in [1.82, 2.24) is 4.98 Å². The van der Waals surface area contributed by atoms with E-state index in [1.165, 1.54) is 29.7 Å². The standard InChI is InChI=1S/C12H17N2.C7H8.C3H7.K/c1-2-3-6-11-8-7-10-5-4-9-13-12(10)14-11;1-7-5-3-2-4-6-7;1-3-2;/h7-8H,1-6,9H2,(H,13,14);2-6H,1H3;1,3H2,2H3;/q-1;;-1;+1. The van der Waals surface area contributed by atoms with E-state index in [2.05, 4.69) is 55.3 Å². The van der Waals surface area contributed by atoms with Crippen molar-refractivity contribution in [1.29, 1.82) is 0 Å².